The molecule has 0 saturated heterocycles. The molecule has 0 aromatic rings. The van der Waals surface area contributed by atoms with Gasteiger partial charge < -0.3 is 4.74 Å². The molecular weight excluding hydrogens is 272 g/mol. The number of esters is 1. The number of unbranched alkanes of at least 4 members (excludes halogenated alkanes) is 11. The molecule has 0 saturated carbocycles. The number of hydrogen-bond acceptors (Lipinski definition) is 2. The van der Waals surface area contributed by atoms with Crippen LogP contribution in [0.2, 0.25) is 0 Å². The van der Waals surface area contributed by atoms with Crippen molar-refractivity contribution < 1.29 is 9.53 Å². The molecule has 1 unspecified atom stereocenters. The van der Waals surface area contributed by atoms with Gasteiger partial charge in [-0.2, -0.15) is 0 Å². The Kier molecular flexibility index (Phi) is 16.4. The molecule has 0 aliphatic carbocycles. The van der Waals surface area contributed by atoms with Crippen molar-refractivity contribution >= 4 is 5.97 Å². The van der Waals surface area contributed by atoms with Gasteiger partial charge in [0, 0.05) is 6.42 Å². The predicted octanol–water partition coefficient (Wildman–Crippen LogP) is 6.67. The lowest BCUT2D eigenvalue weighted by Crippen LogP contribution is -2.09. The third-order valence-corrected chi connectivity index (χ3v) is 4.37. The van der Waals surface area contributed by atoms with Crippen LogP contribution < -0.4 is 0 Å². The fourth-order valence-corrected chi connectivity index (χ4v) is 2.94. The van der Waals surface area contributed by atoms with Crippen LogP contribution >= 0.6 is 0 Å². The lowest BCUT2D eigenvalue weighted by molar-refractivity contribution is -0.144. The SMILES string of the molecule is CCCCCCCCCCCCCCC(C)CC(=O)OCC. The van der Waals surface area contributed by atoms with E-state index in [-0.39, 0.29) is 5.97 Å². The molecule has 0 aromatic heterocycles. The van der Waals surface area contributed by atoms with Crippen molar-refractivity contribution in [3.63, 3.8) is 0 Å². The third-order valence-electron chi connectivity index (χ3n) is 4.37. The van der Waals surface area contributed by atoms with Gasteiger partial charge in [0.25, 0.3) is 0 Å². The van der Waals surface area contributed by atoms with Gasteiger partial charge in [-0.05, 0) is 12.8 Å². The van der Waals surface area contributed by atoms with E-state index in [4.69, 9.17) is 4.74 Å². The van der Waals surface area contributed by atoms with Crippen LogP contribution in [0.1, 0.15) is 111 Å². The fraction of sp³-hybridized carbons (Fsp3) is 0.950. The number of hydrogen-bond donors (Lipinski definition) is 0. The van der Waals surface area contributed by atoms with Crippen molar-refractivity contribution in [3.05, 3.63) is 0 Å². The quantitative estimate of drug-likeness (QED) is 0.235. The Hall–Kier alpha value is -0.530. The monoisotopic (exact) mass is 312 g/mol. The van der Waals surface area contributed by atoms with Crippen LogP contribution in [-0.2, 0) is 9.53 Å². The lowest BCUT2D eigenvalue weighted by Gasteiger charge is -2.10. The van der Waals surface area contributed by atoms with Crippen LogP contribution in [0.4, 0.5) is 0 Å². The maximum atomic E-state index is 11.3. The summed E-state index contributed by atoms with van der Waals surface area (Å²) in [5.74, 6) is 0.441. The minimum absolute atomic E-state index is 0.0334. The standard InChI is InChI=1S/C20H40O2/c1-4-6-7-8-9-10-11-12-13-14-15-16-17-19(3)18-20(21)22-5-2/h19H,4-18H2,1-3H3. The highest BCUT2D eigenvalue weighted by molar-refractivity contribution is 5.69. The second kappa shape index (κ2) is 16.8. The molecule has 0 amide bonds. The second-order valence-corrected chi connectivity index (χ2v) is 6.79. The smallest absolute Gasteiger partial charge is 0.306 e. The summed E-state index contributed by atoms with van der Waals surface area (Å²) in [4.78, 5) is 11.3. The third kappa shape index (κ3) is 15.9. The Morgan fingerprint density at radius 3 is 1.68 bits per heavy atom. The molecule has 22 heavy (non-hydrogen) atoms. The predicted molar refractivity (Wildman–Crippen MR) is 96.1 cm³/mol. The average Bonchev–Trinajstić information content (AvgIpc) is 2.48. The zero-order valence-electron chi connectivity index (χ0n) is 15.5. The highest BCUT2D eigenvalue weighted by Crippen LogP contribution is 2.16. The van der Waals surface area contributed by atoms with Crippen LogP contribution in [0.25, 0.3) is 0 Å². The van der Waals surface area contributed by atoms with Crippen LogP contribution in [0.5, 0.6) is 0 Å². The van der Waals surface area contributed by atoms with E-state index in [9.17, 15) is 4.79 Å². The Morgan fingerprint density at radius 1 is 0.773 bits per heavy atom. The van der Waals surface area contributed by atoms with Crippen molar-refractivity contribution in [2.75, 3.05) is 6.61 Å². The van der Waals surface area contributed by atoms with Crippen LogP contribution in [0, 0.1) is 5.92 Å². The molecule has 0 N–H and O–H groups in total. The lowest BCUT2D eigenvalue weighted by atomic mass is 9.99. The van der Waals surface area contributed by atoms with E-state index in [0.717, 1.165) is 6.42 Å². The van der Waals surface area contributed by atoms with Gasteiger partial charge in [-0.15, -0.1) is 0 Å². The topological polar surface area (TPSA) is 26.3 Å². The minimum Gasteiger partial charge on any atom is -0.466 e. The van der Waals surface area contributed by atoms with E-state index in [1.807, 2.05) is 6.92 Å². The average molecular weight is 313 g/mol. The highest BCUT2D eigenvalue weighted by Gasteiger charge is 2.09. The number of rotatable bonds is 16. The molecule has 0 radical (unpaired) electrons. The van der Waals surface area contributed by atoms with E-state index in [1.165, 1.54) is 77.0 Å². The van der Waals surface area contributed by atoms with Gasteiger partial charge in [-0.3, -0.25) is 4.79 Å². The van der Waals surface area contributed by atoms with Gasteiger partial charge in [0.05, 0.1) is 6.61 Å². The fourth-order valence-electron chi connectivity index (χ4n) is 2.94. The first-order chi connectivity index (χ1) is 10.7. The molecule has 0 aromatic carbocycles. The zero-order valence-corrected chi connectivity index (χ0v) is 15.5. The first-order valence-corrected chi connectivity index (χ1v) is 9.86. The summed E-state index contributed by atoms with van der Waals surface area (Å²) in [7, 11) is 0. The Bertz CT molecular complexity index is 238. The summed E-state index contributed by atoms with van der Waals surface area (Å²) >= 11 is 0. The van der Waals surface area contributed by atoms with E-state index >= 15 is 0 Å². The summed E-state index contributed by atoms with van der Waals surface area (Å²) in [6.45, 7) is 6.81. The molecule has 0 spiro atoms. The molecule has 2 heteroatoms. The molecule has 2 nitrogen and oxygen atoms in total. The van der Waals surface area contributed by atoms with Crippen molar-refractivity contribution in [1.29, 1.82) is 0 Å². The number of carbonyl (C=O) groups excluding carboxylic acids is 1. The summed E-state index contributed by atoms with van der Waals surface area (Å²) < 4.78 is 4.99. The van der Waals surface area contributed by atoms with Crippen molar-refractivity contribution in [2.24, 2.45) is 5.92 Å². The van der Waals surface area contributed by atoms with E-state index in [0.29, 0.717) is 18.9 Å². The minimum atomic E-state index is -0.0334. The summed E-state index contributed by atoms with van der Waals surface area (Å²) in [6, 6.07) is 0. The molecule has 0 heterocycles. The van der Waals surface area contributed by atoms with Crippen LogP contribution in [-0.4, -0.2) is 12.6 Å². The second-order valence-electron chi connectivity index (χ2n) is 6.79. The Balaban J connectivity index is 3.18. The van der Waals surface area contributed by atoms with Gasteiger partial charge in [0.1, 0.15) is 0 Å². The molecule has 0 bridgehead atoms. The van der Waals surface area contributed by atoms with Crippen molar-refractivity contribution in [3.8, 4) is 0 Å². The van der Waals surface area contributed by atoms with Crippen LogP contribution in [0.3, 0.4) is 0 Å². The van der Waals surface area contributed by atoms with Gasteiger partial charge in [-0.25, -0.2) is 0 Å². The molecule has 0 aliphatic rings. The maximum absolute atomic E-state index is 11.3. The summed E-state index contributed by atoms with van der Waals surface area (Å²) in [5, 5.41) is 0. The Labute approximate surface area is 139 Å². The molecule has 0 fully saturated rings. The van der Waals surface area contributed by atoms with Gasteiger partial charge in [0.2, 0.25) is 0 Å². The zero-order chi connectivity index (χ0) is 16.5. The Morgan fingerprint density at radius 2 is 1.23 bits per heavy atom. The van der Waals surface area contributed by atoms with E-state index < -0.39 is 0 Å². The van der Waals surface area contributed by atoms with Gasteiger partial charge in [0.15, 0.2) is 0 Å². The van der Waals surface area contributed by atoms with Gasteiger partial charge in [-0.1, -0.05) is 97.3 Å². The van der Waals surface area contributed by atoms with Crippen LogP contribution in [0.15, 0.2) is 0 Å². The molecule has 0 rings (SSSR count). The molecule has 1 atom stereocenters. The van der Waals surface area contributed by atoms with E-state index in [1.54, 1.807) is 0 Å². The molecule has 0 aliphatic heterocycles. The summed E-state index contributed by atoms with van der Waals surface area (Å²) in [6.07, 6.45) is 18.4. The largest absolute Gasteiger partial charge is 0.466 e. The first kappa shape index (κ1) is 21.5. The molecule has 132 valence electrons. The first-order valence-electron chi connectivity index (χ1n) is 9.86. The number of carbonyl (C=O) groups is 1. The maximum Gasteiger partial charge on any atom is 0.306 e. The number of ether oxygens (including phenoxy) is 1. The van der Waals surface area contributed by atoms with Crippen molar-refractivity contribution in [2.45, 2.75) is 111 Å². The van der Waals surface area contributed by atoms with Crippen molar-refractivity contribution in [1.82, 2.24) is 0 Å². The van der Waals surface area contributed by atoms with Gasteiger partial charge >= 0.3 is 5.97 Å². The summed E-state index contributed by atoms with van der Waals surface area (Å²) in [5.41, 5.74) is 0. The van der Waals surface area contributed by atoms with E-state index in [2.05, 4.69) is 13.8 Å². The molecular formula is C20H40O2. The highest BCUT2D eigenvalue weighted by atomic mass is 16.5. The normalized spacial score (nSPS) is 12.3.